The van der Waals surface area contributed by atoms with Crippen molar-refractivity contribution in [2.75, 3.05) is 26.3 Å². The minimum atomic E-state index is -1.78. The third-order valence-electron chi connectivity index (χ3n) is 6.89. The summed E-state index contributed by atoms with van der Waals surface area (Å²) in [5, 5.41) is 47.7. The summed E-state index contributed by atoms with van der Waals surface area (Å²) in [6.45, 7) is -2.37. The molecule has 0 aliphatic carbocycles. The summed E-state index contributed by atoms with van der Waals surface area (Å²) in [6, 6.07) is -9.80. The highest BCUT2D eigenvalue weighted by atomic mass is 16.3. The number of hydrogen-bond donors (Lipinski definition) is 15. The van der Waals surface area contributed by atoms with E-state index in [0.717, 1.165) is 0 Å². The maximum atomic E-state index is 13.6. The zero-order chi connectivity index (χ0) is 36.0. The molecule has 0 radical (unpaired) electrons. The maximum Gasteiger partial charge on any atom is 0.316 e. The predicted octanol–water partition coefficient (Wildman–Crippen LogP) is -8.88. The molecule has 1 saturated heterocycles. The van der Waals surface area contributed by atoms with Crippen LogP contribution in [0.5, 0.6) is 0 Å². The number of aliphatic hydroxyl groups is 3. The largest absolute Gasteiger partial charge is 0.394 e. The lowest BCUT2D eigenvalue weighted by atomic mass is 10.0. The molecule has 268 valence electrons. The molecular weight excluding hydrogens is 642 g/mol. The van der Waals surface area contributed by atoms with E-state index in [9.17, 15) is 48.9 Å². The monoisotopic (exact) mass is 685 g/mol. The second-order valence-corrected chi connectivity index (χ2v) is 10.7. The molecule has 2 heterocycles. The minimum Gasteiger partial charge on any atom is -0.394 e. The third-order valence-corrected chi connectivity index (χ3v) is 6.89. The molecule has 0 aromatic heterocycles. The van der Waals surface area contributed by atoms with Crippen LogP contribution in [-0.2, 0) is 28.8 Å². The molecule has 2 rings (SSSR count). The number of nitrogens with zero attached hydrogens (tertiary/aromatic N) is 1. The number of carbonyl (C=O) groups is 7. The van der Waals surface area contributed by atoms with Crippen molar-refractivity contribution in [2.45, 2.75) is 68.2 Å². The smallest absolute Gasteiger partial charge is 0.316 e. The number of primary amides is 1. The summed E-state index contributed by atoms with van der Waals surface area (Å²) in [5.74, 6) is -6.69. The van der Waals surface area contributed by atoms with Crippen LogP contribution in [0, 0.1) is 0 Å². The summed E-state index contributed by atoms with van der Waals surface area (Å²) in [5.41, 5.74) is 21.5. The van der Waals surface area contributed by atoms with Crippen molar-refractivity contribution in [1.29, 1.82) is 0 Å². The number of urea groups is 1. The first-order valence-corrected chi connectivity index (χ1v) is 14.7. The van der Waals surface area contributed by atoms with Crippen LogP contribution in [0.2, 0.25) is 0 Å². The van der Waals surface area contributed by atoms with E-state index < -0.39 is 109 Å². The Morgan fingerprint density at radius 1 is 0.979 bits per heavy atom. The average Bonchev–Trinajstić information content (AvgIpc) is 3.02. The Bertz CT molecular complexity index is 1280. The van der Waals surface area contributed by atoms with Gasteiger partial charge in [-0.3, -0.25) is 28.8 Å². The first-order valence-electron chi connectivity index (χ1n) is 14.7. The molecule has 2 aliphatic heterocycles. The topological polar surface area (TPSA) is 393 Å². The number of aliphatic imine (C=N–C) groups is 1. The van der Waals surface area contributed by atoms with E-state index >= 15 is 0 Å². The normalized spacial score (nSPS) is 27.6. The Kier molecular flexibility index (Phi) is 15.4. The second-order valence-electron chi connectivity index (χ2n) is 10.7. The molecular formula is C25H43N13O10. The molecule has 0 spiro atoms. The van der Waals surface area contributed by atoms with Gasteiger partial charge in [-0.15, -0.1) is 0 Å². The first-order chi connectivity index (χ1) is 22.7. The lowest BCUT2D eigenvalue weighted by Crippen LogP contribution is -2.63. The molecule has 0 unspecified atom stereocenters. The van der Waals surface area contributed by atoms with Crippen LogP contribution >= 0.6 is 0 Å². The van der Waals surface area contributed by atoms with Crippen LogP contribution in [-0.4, -0.2) is 132 Å². The molecule has 0 saturated carbocycles. The fourth-order valence-electron chi connectivity index (χ4n) is 4.44. The Hall–Kier alpha value is -5.10. The summed E-state index contributed by atoms with van der Waals surface area (Å²) in [4.78, 5) is 94.3. The van der Waals surface area contributed by atoms with Crippen LogP contribution < -0.4 is 65.5 Å². The van der Waals surface area contributed by atoms with Crippen molar-refractivity contribution in [3.63, 3.8) is 0 Å². The SMILES string of the molecule is NCCC[C@H](N)CC(=O)N[C@H]1CNC(=O)[C@H]([C@H]2C[C@H](O)NC(N)=N2)NC(=O)C(=CNC(N)=O)NC(=O)[C@H](CO)NC(=O)[C@H](CO)NC1=O. The van der Waals surface area contributed by atoms with Crippen molar-refractivity contribution in [1.82, 2.24) is 42.5 Å². The number of amides is 8. The van der Waals surface area contributed by atoms with Crippen molar-refractivity contribution >= 4 is 47.4 Å². The highest BCUT2D eigenvalue weighted by molar-refractivity contribution is 6.02. The highest BCUT2D eigenvalue weighted by Gasteiger charge is 2.37. The van der Waals surface area contributed by atoms with E-state index in [-0.39, 0.29) is 18.8 Å². The van der Waals surface area contributed by atoms with Crippen LogP contribution in [0.3, 0.4) is 0 Å². The third kappa shape index (κ3) is 12.3. The quantitative estimate of drug-likeness (QED) is 0.0950. The summed E-state index contributed by atoms with van der Waals surface area (Å²) < 4.78 is 0. The maximum absolute atomic E-state index is 13.6. The van der Waals surface area contributed by atoms with Gasteiger partial charge in [-0.1, -0.05) is 0 Å². The molecule has 8 amide bonds. The predicted molar refractivity (Wildman–Crippen MR) is 164 cm³/mol. The lowest BCUT2D eigenvalue weighted by Gasteiger charge is -2.31. The van der Waals surface area contributed by atoms with Gasteiger partial charge in [0.25, 0.3) is 5.91 Å². The van der Waals surface area contributed by atoms with Crippen LogP contribution in [0.15, 0.2) is 16.9 Å². The molecule has 19 N–H and O–H groups in total. The number of carbonyl (C=O) groups excluding carboxylic acids is 7. The van der Waals surface area contributed by atoms with Crippen molar-refractivity contribution < 1.29 is 48.9 Å². The molecule has 48 heavy (non-hydrogen) atoms. The Morgan fingerprint density at radius 3 is 2.23 bits per heavy atom. The van der Waals surface area contributed by atoms with Gasteiger partial charge in [0.15, 0.2) is 5.96 Å². The van der Waals surface area contributed by atoms with Gasteiger partial charge in [0, 0.05) is 31.6 Å². The molecule has 1 fully saturated rings. The van der Waals surface area contributed by atoms with Crippen molar-refractivity contribution in [2.24, 2.45) is 27.9 Å². The average molecular weight is 686 g/mol. The lowest BCUT2D eigenvalue weighted by molar-refractivity contribution is -0.135. The number of aliphatic hydroxyl groups excluding tert-OH is 3. The number of guanidine groups is 1. The molecule has 7 atom stereocenters. The molecule has 23 heteroatoms. The van der Waals surface area contributed by atoms with Gasteiger partial charge in [-0.05, 0) is 19.4 Å². The van der Waals surface area contributed by atoms with Gasteiger partial charge in [0.2, 0.25) is 29.5 Å². The van der Waals surface area contributed by atoms with Crippen LogP contribution in [0.4, 0.5) is 4.79 Å². The summed E-state index contributed by atoms with van der Waals surface area (Å²) in [6.07, 6.45) is -0.253. The van der Waals surface area contributed by atoms with Gasteiger partial charge < -0.3 is 80.8 Å². The number of nitrogens with two attached hydrogens (primary N) is 4. The fourth-order valence-corrected chi connectivity index (χ4v) is 4.44. The van der Waals surface area contributed by atoms with E-state index in [2.05, 4.69) is 42.2 Å². The van der Waals surface area contributed by atoms with Crippen LogP contribution in [0.25, 0.3) is 0 Å². The number of rotatable bonds is 10. The zero-order valence-electron chi connectivity index (χ0n) is 25.7. The Balaban J connectivity index is 2.55. The van der Waals surface area contributed by atoms with Gasteiger partial charge in [0.05, 0.1) is 19.3 Å². The summed E-state index contributed by atoms with van der Waals surface area (Å²) >= 11 is 0. The van der Waals surface area contributed by atoms with Gasteiger partial charge in [0.1, 0.15) is 36.1 Å². The first kappa shape index (κ1) is 39.1. The molecule has 0 bridgehead atoms. The minimum absolute atomic E-state index is 0.247. The Morgan fingerprint density at radius 2 is 1.62 bits per heavy atom. The molecule has 0 aromatic carbocycles. The fraction of sp³-hybridized carbons (Fsp3) is 0.600. The van der Waals surface area contributed by atoms with E-state index in [1.807, 2.05) is 5.32 Å². The second kappa shape index (κ2) is 18.9. The molecule has 23 nitrogen and oxygen atoms in total. The standard InChI is InChI=1S/C25H43N13O10/c26-3-1-2-10(27)4-16(41)32-12-6-30-23(47)18(11-5-17(42)37-24(28)36-11)38-20(44)13(7-31-25(29)48)33-21(45)14(8-39)35-22(46)15(9-40)34-19(12)43/h7,10-12,14-15,17-18,39-40,42H,1-6,8-9,26-27H2,(H,30,47)(H,32,41)(H,33,45)(H,34,43)(H,35,46)(H,38,44)(H3,28,36,37)(H3,29,31,48)/t10-,11+,12-,14-,15-,17-,18-/m0/s1. The number of nitrogens with one attached hydrogen (secondary N) is 8. The molecule has 0 aromatic rings. The van der Waals surface area contributed by atoms with Gasteiger partial charge >= 0.3 is 6.03 Å². The van der Waals surface area contributed by atoms with Gasteiger partial charge in [-0.2, -0.15) is 0 Å². The van der Waals surface area contributed by atoms with E-state index in [4.69, 9.17) is 22.9 Å². The zero-order valence-corrected chi connectivity index (χ0v) is 25.7. The summed E-state index contributed by atoms with van der Waals surface area (Å²) in [7, 11) is 0. The van der Waals surface area contributed by atoms with Crippen molar-refractivity contribution in [3.05, 3.63) is 11.9 Å². The van der Waals surface area contributed by atoms with E-state index in [1.165, 1.54) is 0 Å². The van der Waals surface area contributed by atoms with E-state index in [1.54, 1.807) is 0 Å². The molecule has 2 aliphatic rings. The van der Waals surface area contributed by atoms with E-state index in [0.29, 0.717) is 25.6 Å². The highest BCUT2D eigenvalue weighted by Crippen LogP contribution is 2.12. The van der Waals surface area contributed by atoms with Crippen molar-refractivity contribution in [3.8, 4) is 0 Å². The van der Waals surface area contributed by atoms with Crippen LogP contribution in [0.1, 0.15) is 25.7 Å². The Labute approximate surface area is 273 Å². The van der Waals surface area contributed by atoms with Gasteiger partial charge in [-0.25, -0.2) is 9.79 Å². The number of hydrogen-bond acceptors (Lipinski definition) is 15.